The van der Waals surface area contributed by atoms with Crippen LogP contribution < -0.4 is 10.1 Å². The Bertz CT molecular complexity index is 1050. The predicted molar refractivity (Wildman–Crippen MR) is 106 cm³/mol. The van der Waals surface area contributed by atoms with Gasteiger partial charge in [-0.05, 0) is 48.7 Å². The van der Waals surface area contributed by atoms with E-state index in [2.05, 4.69) is 10.3 Å². The van der Waals surface area contributed by atoms with Crippen LogP contribution >= 0.6 is 0 Å². The molecule has 3 aromatic rings. The molecular formula is C22H21F3N2O3. The number of anilines is 1. The molecule has 2 N–H and O–H groups in total. The number of ether oxygens (including phenoxy) is 2. The molecule has 0 radical (unpaired) electrons. The van der Waals surface area contributed by atoms with E-state index in [1.807, 2.05) is 6.07 Å². The Labute approximate surface area is 171 Å². The van der Waals surface area contributed by atoms with Crippen LogP contribution in [0.25, 0.3) is 10.9 Å². The molecule has 1 saturated carbocycles. The molecule has 0 aliphatic heterocycles. The van der Waals surface area contributed by atoms with Gasteiger partial charge in [0.15, 0.2) is 0 Å². The largest absolute Gasteiger partial charge is 0.489 e. The van der Waals surface area contributed by atoms with Gasteiger partial charge in [-0.1, -0.05) is 12.1 Å². The van der Waals surface area contributed by atoms with E-state index < -0.39 is 17.2 Å². The summed E-state index contributed by atoms with van der Waals surface area (Å²) in [5.41, 5.74) is 0.971. The van der Waals surface area contributed by atoms with Crippen LogP contribution in [0.2, 0.25) is 0 Å². The van der Waals surface area contributed by atoms with Gasteiger partial charge < -0.3 is 19.8 Å². The number of amides is 1. The van der Waals surface area contributed by atoms with Crippen molar-refractivity contribution in [2.24, 2.45) is 5.41 Å². The van der Waals surface area contributed by atoms with E-state index in [1.165, 1.54) is 12.1 Å². The zero-order valence-electron chi connectivity index (χ0n) is 16.3. The normalized spacial score (nSPS) is 15.2. The van der Waals surface area contributed by atoms with Gasteiger partial charge in [0.2, 0.25) is 5.91 Å². The molecule has 1 heterocycles. The Balaban J connectivity index is 1.45. The molecule has 0 atom stereocenters. The Kier molecular flexibility index (Phi) is 5.19. The Morgan fingerprint density at radius 3 is 2.53 bits per heavy atom. The molecule has 2 aromatic carbocycles. The number of carbonyl (C=O) groups is 1. The second-order valence-corrected chi connectivity index (χ2v) is 7.56. The van der Waals surface area contributed by atoms with Crippen molar-refractivity contribution in [2.45, 2.75) is 25.6 Å². The molecule has 1 aliphatic rings. The summed E-state index contributed by atoms with van der Waals surface area (Å²) < 4.78 is 48.9. The molecule has 1 fully saturated rings. The Hall–Kier alpha value is -3.00. The number of carbonyl (C=O) groups excluding carboxylic acids is 1. The molecule has 0 saturated heterocycles. The van der Waals surface area contributed by atoms with Gasteiger partial charge in [-0.2, -0.15) is 13.2 Å². The number of fused-ring (bicyclic) bond motifs is 1. The van der Waals surface area contributed by atoms with Crippen molar-refractivity contribution in [3.8, 4) is 5.75 Å². The van der Waals surface area contributed by atoms with Crippen molar-refractivity contribution in [1.82, 2.24) is 4.98 Å². The lowest BCUT2D eigenvalue weighted by Gasteiger charge is -2.14. The zero-order chi connectivity index (χ0) is 21.4. The molecule has 30 heavy (non-hydrogen) atoms. The number of aromatic amines is 1. The first-order valence-corrected chi connectivity index (χ1v) is 9.51. The SMILES string of the molecule is COCC1(C(=O)Nc2c[nH]c3ccc(OCc4ccc(C(F)(F)F)cc4)cc23)CC1. The van der Waals surface area contributed by atoms with E-state index in [4.69, 9.17) is 9.47 Å². The number of rotatable bonds is 7. The van der Waals surface area contributed by atoms with Crippen LogP contribution in [0.1, 0.15) is 24.0 Å². The monoisotopic (exact) mass is 418 g/mol. The van der Waals surface area contributed by atoms with E-state index in [9.17, 15) is 18.0 Å². The summed E-state index contributed by atoms with van der Waals surface area (Å²) in [4.78, 5) is 15.7. The van der Waals surface area contributed by atoms with Crippen LogP contribution in [0.15, 0.2) is 48.7 Å². The topological polar surface area (TPSA) is 63.3 Å². The summed E-state index contributed by atoms with van der Waals surface area (Å²) in [5, 5.41) is 3.75. The highest BCUT2D eigenvalue weighted by atomic mass is 19.4. The fraction of sp³-hybridized carbons (Fsp3) is 0.318. The first kappa shape index (κ1) is 20.3. The molecule has 1 aliphatic carbocycles. The van der Waals surface area contributed by atoms with Gasteiger partial charge in [-0.3, -0.25) is 4.79 Å². The highest BCUT2D eigenvalue weighted by Crippen LogP contribution is 2.47. The van der Waals surface area contributed by atoms with Crippen molar-refractivity contribution >= 4 is 22.5 Å². The minimum absolute atomic E-state index is 0.0682. The van der Waals surface area contributed by atoms with Gasteiger partial charge >= 0.3 is 6.18 Å². The highest BCUT2D eigenvalue weighted by Gasteiger charge is 2.50. The second kappa shape index (κ2) is 7.68. The van der Waals surface area contributed by atoms with Crippen molar-refractivity contribution < 1.29 is 27.4 Å². The number of hydrogen-bond acceptors (Lipinski definition) is 3. The van der Waals surface area contributed by atoms with Gasteiger partial charge in [0.1, 0.15) is 12.4 Å². The molecule has 8 heteroatoms. The van der Waals surface area contributed by atoms with E-state index in [-0.39, 0.29) is 12.5 Å². The molecule has 5 nitrogen and oxygen atoms in total. The third-order valence-electron chi connectivity index (χ3n) is 5.34. The molecule has 1 aromatic heterocycles. The number of H-pyrrole nitrogens is 1. The second-order valence-electron chi connectivity index (χ2n) is 7.56. The van der Waals surface area contributed by atoms with Gasteiger partial charge in [0.05, 0.1) is 23.3 Å². The molecule has 0 bridgehead atoms. The fourth-order valence-corrected chi connectivity index (χ4v) is 3.37. The van der Waals surface area contributed by atoms with Crippen molar-refractivity contribution in [3.05, 3.63) is 59.8 Å². The van der Waals surface area contributed by atoms with Gasteiger partial charge in [0.25, 0.3) is 0 Å². The Morgan fingerprint density at radius 1 is 1.17 bits per heavy atom. The summed E-state index contributed by atoms with van der Waals surface area (Å²) in [5.74, 6) is 0.483. The molecule has 0 spiro atoms. The summed E-state index contributed by atoms with van der Waals surface area (Å²) in [7, 11) is 1.58. The lowest BCUT2D eigenvalue weighted by Crippen LogP contribution is -2.27. The van der Waals surface area contributed by atoms with Gasteiger partial charge in [-0.25, -0.2) is 0 Å². The first-order valence-electron chi connectivity index (χ1n) is 9.51. The van der Waals surface area contributed by atoms with E-state index in [1.54, 1.807) is 25.4 Å². The number of benzene rings is 2. The minimum Gasteiger partial charge on any atom is -0.489 e. The lowest BCUT2D eigenvalue weighted by molar-refractivity contribution is -0.137. The predicted octanol–water partition coefficient (Wildman–Crippen LogP) is 5.13. The molecule has 158 valence electrons. The number of alkyl halides is 3. The molecule has 0 unspecified atom stereocenters. The van der Waals surface area contributed by atoms with Crippen LogP contribution in [0.5, 0.6) is 5.75 Å². The highest BCUT2D eigenvalue weighted by molar-refractivity contribution is 6.04. The summed E-state index contributed by atoms with van der Waals surface area (Å²) in [6.07, 6.45) is -1.03. The molecule has 1 amide bonds. The fourth-order valence-electron chi connectivity index (χ4n) is 3.37. The summed E-state index contributed by atoms with van der Waals surface area (Å²) in [6.45, 7) is 0.523. The zero-order valence-corrected chi connectivity index (χ0v) is 16.3. The summed E-state index contributed by atoms with van der Waals surface area (Å²) >= 11 is 0. The average Bonchev–Trinajstić information content (AvgIpc) is 3.41. The van der Waals surface area contributed by atoms with E-state index in [0.717, 1.165) is 35.9 Å². The number of hydrogen-bond donors (Lipinski definition) is 2. The standard InChI is InChI=1S/C22H21F3N2O3/c1-29-13-21(8-9-21)20(28)27-19-11-26-18-7-6-16(10-17(18)19)30-12-14-2-4-15(5-3-14)22(23,24)25/h2-7,10-11,26H,8-9,12-13H2,1H3,(H,27,28). The third-order valence-corrected chi connectivity index (χ3v) is 5.34. The first-order chi connectivity index (χ1) is 14.3. The number of halogens is 3. The van der Waals surface area contributed by atoms with Crippen molar-refractivity contribution in [3.63, 3.8) is 0 Å². The minimum atomic E-state index is -4.36. The van der Waals surface area contributed by atoms with Gasteiger partial charge in [0, 0.05) is 24.2 Å². The lowest BCUT2D eigenvalue weighted by atomic mass is 10.1. The van der Waals surface area contributed by atoms with E-state index >= 15 is 0 Å². The van der Waals surface area contributed by atoms with Crippen LogP contribution in [0.3, 0.4) is 0 Å². The summed E-state index contributed by atoms with van der Waals surface area (Å²) in [6, 6.07) is 10.3. The van der Waals surface area contributed by atoms with Crippen LogP contribution in [0, 0.1) is 5.41 Å². The molecular weight excluding hydrogens is 397 g/mol. The van der Waals surface area contributed by atoms with Crippen LogP contribution in [-0.2, 0) is 22.3 Å². The number of methoxy groups -OCH3 is 1. The number of aromatic nitrogens is 1. The van der Waals surface area contributed by atoms with Gasteiger partial charge in [-0.15, -0.1) is 0 Å². The van der Waals surface area contributed by atoms with Crippen molar-refractivity contribution in [2.75, 3.05) is 19.0 Å². The average molecular weight is 418 g/mol. The van der Waals surface area contributed by atoms with Crippen molar-refractivity contribution in [1.29, 1.82) is 0 Å². The quantitative estimate of drug-likeness (QED) is 0.559. The maximum absolute atomic E-state index is 12.7. The smallest absolute Gasteiger partial charge is 0.416 e. The third kappa shape index (κ3) is 4.14. The van der Waals surface area contributed by atoms with E-state index in [0.29, 0.717) is 23.6 Å². The van der Waals surface area contributed by atoms with Crippen LogP contribution in [0.4, 0.5) is 18.9 Å². The Morgan fingerprint density at radius 2 is 1.90 bits per heavy atom. The maximum Gasteiger partial charge on any atom is 0.416 e. The molecule has 4 rings (SSSR count). The maximum atomic E-state index is 12.7. The van der Waals surface area contributed by atoms with Crippen LogP contribution in [-0.4, -0.2) is 24.6 Å². The number of nitrogens with one attached hydrogen (secondary N) is 2.